The number of para-hydroxylation sites is 1. The summed E-state index contributed by atoms with van der Waals surface area (Å²) in [5.41, 5.74) is 1.54. The summed E-state index contributed by atoms with van der Waals surface area (Å²) in [4.78, 5) is 17.3. The van der Waals surface area contributed by atoms with Gasteiger partial charge < -0.3 is 15.7 Å². The summed E-state index contributed by atoms with van der Waals surface area (Å²) in [6.07, 6.45) is 6.73. The number of hydrogen-bond acceptors (Lipinski definition) is 5. The van der Waals surface area contributed by atoms with E-state index in [1.54, 1.807) is 16.8 Å². The predicted octanol–water partition coefficient (Wildman–Crippen LogP) is 3.46. The maximum Gasteiger partial charge on any atom is 0.261 e. The second kappa shape index (κ2) is 7.66. The van der Waals surface area contributed by atoms with Crippen molar-refractivity contribution in [3.05, 3.63) is 52.8 Å². The van der Waals surface area contributed by atoms with E-state index in [9.17, 15) is 9.90 Å². The first-order valence-electron chi connectivity index (χ1n) is 8.97. The SMILES string of the molecule is O=C(Nc1ccccc1Br)c1cnn2ccc(N[C@@H]3CCCC[C@@H]3O)nc12. The number of aliphatic hydroxyl groups excluding tert-OH is 1. The molecule has 1 amide bonds. The maximum atomic E-state index is 12.7. The average Bonchev–Trinajstić information content (AvgIpc) is 3.09. The van der Waals surface area contributed by atoms with Gasteiger partial charge in [-0.05, 0) is 47.0 Å². The molecule has 140 valence electrons. The van der Waals surface area contributed by atoms with Gasteiger partial charge in [0.1, 0.15) is 11.4 Å². The summed E-state index contributed by atoms with van der Waals surface area (Å²) in [5.74, 6) is 0.350. The van der Waals surface area contributed by atoms with Gasteiger partial charge in [-0.2, -0.15) is 5.10 Å². The first kappa shape index (κ1) is 17.9. The van der Waals surface area contributed by atoms with Gasteiger partial charge in [0.15, 0.2) is 5.65 Å². The molecule has 8 heteroatoms. The lowest BCUT2D eigenvalue weighted by Gasteiger charge is -2.28. The van der Waals surface area contributed by atoms with Gasteiger partial charge in [-0.25, -0.2) is 9.50 Å². The van der Waals surface area contributed by atoms with Gasteiger partial charge in [0.25, 0.3) is 5.91 Å². The van der Waals surface area contributed by atoms with Crippen molar-refractivity contribution in [2.75, 3.05) is 10.6 Å². The quantitative estimate of drug-likeness (QED) is 0.590. The molecule has 0 bridgehead atoms. The molecule has 2 aromatic heterocycles. The van der Waals surface area contributed by atoms with Gasteiger partial charge in [-0.3, -0.25) is 4.79 Å². The van der Waals surface area contributed by atoms with E-state index in [1.807, 2.05) is 24.3 Å². The van der Waals surface area contributed by atoms with Crippen LogP contribution in [0.15, 0.2) is 47.2 Å². The van der Waals surface area contributed by atoms with E-state index in [4.69, 9.17) is 0 Å². The van der Waals surface area contributed by atoms with Gasteiger partial charge in [0.2, 0.25) is 0 Å². The van der Waals surface area contributed by atoms with Crippen molar-refractivity contribution in [3.8, 4) is 0 Å². The minimum absolute atomic E-state index is 0.0193. The predicted molar refractivity (Wildman–Crippen MR) is 107 cm³/mol. The number of benzene rings is 1. The highest BCUT2D eigenvalue weighted by Gasteiger charge is 2.23. The standard InChI is InChI=1S/C19H20BrN5O2/c20-13-5-1-2-6-14(13)23-19(27)12-11-21-25-10-9-17(24-18(12)25)22-15-7-3-4-8-16(15)26/h1-2,5-6,9-11,15-16,26H,3-4,7-8H2,(H,22,24)(H,23,27)/t15-,16+/m1/s1. The Bertz CT molecular complexity index is 974. The van der Waals surface area contributed by atoms with Crippen LogP contribution in [0, 0.1) is 0 Å². The van der Waals surface area contributed by atoms with Crippen molar-refractivity contribution in [1.29, 1.82) is 0 Å². The van der Waals surface area contributed by atoms with E-state index in [0.717, 1.165) is 30.2 Å². The summed E-state index contributed by atoms with van der Waals surface area (Å²) < 4.78 is 2.37. The van der Waals surface area contributed by atoms with Crippen LogP contribution in [0.2, 0.25) is 0 Å². The van der Waals surface area contributed by atoms with Crippen molar-refractivity contribution in [2.45, 2.75) is 37.8 Å². The molecule has 1 saturated carbocycles. The summed E-state index contributed by atoms with van der Waals surface area (Å²) in [6.45, 7) is 0. The second-order valence-electron chi connectivity index (χ2n) is 6.68. The number of hydrogen-bond donors (Lipinski definition) is 3. The van der Waals surface area contributed by atoms with Gasteiger partial charge >= 0.3 is 0 Å². The van der Waals surface area contributed by atoms with Crippen molar-refractivity contribution >= 4 is 39.0 Å². The molecule has 2 heterocycles. The molecule has 3 aromatic rings. The molecule has 0 radical (unpaired) electrons. The van der Waals surface area contributed by atoms with E-state index in [1.165, 1.54) is 6.20 Å². The van der Waals surface area contributed by atoms with Crippen molar-refractivity contribution in [2.24, 2.45) is 0 Å². The molecule has 27 heavy (non-hydrogen) atoms. The molecular formula is C19H20BrN5O2. The van der Waals surface area contributed by atoms with Gasteiger partial charge in [-0.15, -0.1) is 0 Å². The van der Waals surface area contributed by atoms with Crippen molar-refractivity contribution < 1.29 is 9.90 Å². The lowest BCUT2D eigenvalue weighted by molar-refractivity contribution is 0.102. The highest BCUT2D eigenvalue weighted by atomic mass is 79.9. The molecule has 7 nitrogen and oxygen atoms in total. The van der Waals surface area contributed by atoms with Crippen LogP contribution in [0.4, 0.5) is 11.5 Å². The van der Waals surface area contributed by atoms with E-state index in [2.05, 4.69) is 36.6 Å². The number of halogens is 1. The molecule has 1 aliphatic rings. The zero-order valence-corrected chi connectivity index (χ0v) is 16.2. The van der Waals surface area contributed by atoms with Crippen LogP contribution in [0.3, 0.4) is 0 Å². The Morgan fingerprint density at radius 3 is 2.85 bits per heavy atom. The molecule has 0 unspecified atom stereocenters. The number of anilines is 2. The Kier molecular flexibility index (Phi) is 5.09. The van der Waals surface area contributed by atoms with E-state index in [0.29, 0.717) is 22.7 Å². The summed E-state index contributed by atoms with van der Waals surface area (Å²) in [5, 5.41) is 20.5. The normalized spacial score (nSPS) is 19.8. The zero-order valence-electron chi connectivity index (χ0n) is 14.6. The average molecular weight is 430 g/mol. The molecule has 3 N–H and O–H groups in total. The highest BCUT2D eigenvalue weighted by molar-refractivity contribution is 9.10. The molecule has 2 atom stereocenters. The van der Waals surface area contributed by atoms with Crippen molar-refractivity contribution in [3.63, 3.8) is 0 Å². The number of carbonyl (C=O) groups excluding carboxylic acids is 1. The van der Waals surface area contributed by atoms with Crippen LogP contribution < -0.4 is 10.6 Å². The summed E-state index contributed by atoms with van der Waals surface area (Å²) in [7, 11) is 0. The number of carbonyl (C=O) groups is 1. The second-order valence-corrected chi connectivity index (χ2v) is 7.53. The Labute approximate surface area is 164 Å². The third kappa shape index (κ3) is 3.81. The minimum Gasteiger partial charge on any atom is -0.391 e. The van der Waals surface area contributed by atoms with Crippen LogP contribution in [-0.2, 0) is 0 Å². The lowest BCUT2D eigenvalue weighted by atomic mass is 9.93. The highest BCUT2D eigenvalue weighted by Crippen LogP contribution is 2.24. The first-order chi connectivity index (χ1) is 13.1. The number of nitrogens with one attached hydrogen (secondary N) is 2. The fourth-order valence-electron chi connectivity index (χ4n) is 3.33. The molecule has 1 fully saturated rings. The molecular weight excluding hydrogens is 410 g/mol. The van der Waals surface area contributed by atoms with Crippen LogP contribution in [0.5, 0.6) is 0 Å². The zero-order chi connectivity index (χ0) is 18.8. The smallest absolute Gasteiger partial charge is 0.261 e. The fourth-order valence-corrected chi connectivity index (χ4v) is 3.72. The molecule has 0 aliphatic heterocycles. The van der Waals surface area contributed by atoms with Gasteiger partial charge in [0, 0.05) is 10.7 Å². The molecule has 4 rings (SSSR count). The fraction of sp³-hybridized carbons (Fsp3) is 0.316. The van der Waals surface area contributed by atoms with E-state index >= 15 is 0 Å². The monoisotopic (exact) mass is 429 g/mol. The Hall–Kier alpha value is -2.45. The Morgan fingerprint density at radius 2 is 2.04 bits per heavy atom. The Balaban J connectivity index is 1.58. The number of fused-ring (bicyclic) bond motifs is 1. The number of rotatable bonds is 4. The largest absolute Gasteiger partial charge is 0.391 e. The van der Waals surface area contributed by atoms with Crippen molar-refractivity contribution in [1.82, 2.24) is 14.6 Å². The number of aromatic nitrogens is 3. The van der Waals surface area contributed by atoms with Gasteiger partial charge in [-0.1, -0.05) is 25.0 Å². The van der Waals surface area contributed by atoms with Crippen LogP contribution in [-0.4, -0.2) is 37.8 Å². The molecule has 0 spiro atoms. The third-order valence-electron chi connectivity index (χ3n) is 4.80. The summed E-state index contributed by atoms with van der Waals surface area (Å²) >= 11 is 3.43. The molecule has 1 aliphatic carbocycles. The lowest BCUT2D eigenvalue weighted by Crippen LogP contribution is -2.36. The van der Waals surface area contributed by atoms with Crippen LogP contribution in [0.1, 0.15) is 36.0 Å². The number of amides is 1. The Morgan fingerprint density at radius 1 is 1.22 bits per heavy atom. The first-order valence-corrected chi connectivity index (χ1v) is 9.76. The van der Waals surface area contributed by atoms with E-state index in [-0.39, 0.29) is 18.1 Å². The van der Waals surface area contributed by atoms with E-state index < -0.39 is 0 Å². The topological polar surface area (TPSA) is 91.6 Å². The summed E-state index contributed by atoms with van der Waals surface area (Å²) in [6, 6.07) is 9.20. The van der Waals surface area contributed by atoms with Crippen LogP contribution >= 0.6 is 15.9 Å². The maximum absolute atomic E-state index is 12.7. The number of nitrogens with zero attached hydrogens (tertiary/aromatic N) is 3. The van der Waals surface area contributed by atoms with Gasteiger partial charge in [0.05, 0.1) is 24.0 Å². The minimum atomic E-state index is -0.375. The van der Waals surface area contributed by atoms with Crippen LogP contribution in [0.25, 0.3) is 5.65 Å². The number of aliphatic hydroxyl groups is 1. The molecule has 0 saturated heterocycles. The third-order valence-corrected chi connectivity index (χ3v) is 5.49. The molecule has 1 aromatic carbocycles.